The smallest absolute Gasteiger partial charge is 0.321 e. The SMILES string of the molecule is COc1ccc(SCCC(=O)Nc2ccc(N3CCNC3=O)cc2)cc1. The first kappa shape index (κ1) is 18.1. The minimum atomic E-state index is -0.0858. The van der Waals surface area contributed by atoms with Gasteiger partial charge in [0, 0.05) is 41.5 Å². The van der Waals surface area contributed by atoms with Gasteiger partial charge in [0.15, 0.2) is 0 Å². The summed E-state index contributed by atoms with van der Waals surface area (Å²) in [4.78, 5) is 26.5. The summed E-state index contributed by atoms with van der Waals surface area (Å²) < 4.78 is 5.13. The molecular weight excluding hydrogens is 350 g/mol. The molecule has 0 aromatic heterocycles. The van der Waals surface area contributed by atoms with Gasteiger partial charge in [-0.3, -0.25) is 9.69 Å². The Hall–Kier alpha value is -2.67. The second kappa shape index (κ2) is 8.62. The van der Waals surface area contributed by atoms with Gasteiger partial charge in [0.1, 0.15) is 5.75 Å². The molecule has 26 heavy (non-hydrogen) atoms. The normalized spacial score (nSPS) is 13.4. The molecule has 2 N–H and O–H groups in total. The van der Waals surface area contributed by atoms with Crippen LogP contribution >= 0.6 is 11.8 Å². The number of ether oxygens (including phenoxy) is 1. The first-order chi connectivity index (χ1) is 12.7. The lowest BCUT2D eigenvalue weighted by atomic mass is 10.2. The van der Waals surface area contributed by atoms with Crippen molar-refractivity contribution in [3.05, 3.63) is 48.5 Å². The topological polar surface area (TPSA) is 70.7 Å². The minimum absolute atomic E-state index is 0.0299. The maximum atomic E-state index is 12.1. The number of hydrogen-bond donors (Lipinski definition) is 2. The van der Waals surface area contributed by atoms with E-state index < -0.39 is 0 Å². The molecule has 0 unspecified atom stereocenters. The summed E-state index contributed by atoms with van der Waals surface area (Å²) in [5, 5.41) is 5.65. The molecule has 2 aromatic carbocycles. The van der Waals surface area contributed by atoms with Crippen LogP contribution in [0.1, 0.15) is 6.42 Å². The highest BCUT2D eigenvalue weighted by Gasteiger charge is 2.20. The Balaban J connectivity index is 1.44. The zero-order chi connectivity index (χ0) is 18.4. The first-order valence-corrected chi connectivity index (χ1v) is 9.36. The summed E-state index contributed by atoms with van der Waals surface area (Å²) in [6.07, 6.45) is 0.424. The number of anilines is 2. The van der Waals surface area contributed by atoms with Crippen LogP contribution < -0.4 is 20.3 Å². The predicted octanol–water partition coefficient (Wildman–Crippen LogP) is 3.35. The molecule has 0 saturated carbocycles. The molecule has 136 valence electrons. The minimum Gasteiger partial charge on any atom is -0.497 e. The number of carbonyl (C=O) groups is 2. The Labute approximate surface area is 156 Å². The van der Waals surface area contributed by atoms with Crippen molar-refractivity contribution >= 4 is 35.1 Å². The van der Waals surface area contributed by atoms with Gasteiger partial charge in [-0.05, 0) is 48.5 Å². The number of methoxy groups -OCH3 is 1. The predicted molar refractivity (Wildman–Crippen MR) is 104 cm³/mol. The van der Waals surface area contributed by atoms with Crippen LogP contribution in [-0.4, -0.2) is 37.9 Å². The quantitative estimate of drug-likeness (QED) is 0.733. The van der Waals surface area contributed by atoms with Crippen LogP contribution in [-0.2, 0) is 4.79 Å². The van der Waals surface area contributed by atoms with Gasteiger partial charge in [-0.15, -0.1) is 11.8 Å². The van der Waals surface area contributed by atoms with E-state index >= 15 is 0 Å². The van der Waals surface area contributed by atoms with Gasteiger partial charge in [0.05, 0.1) is 7.11 Å². The molecule has 0 bridgehead atoms. The van der Waals surface area contributed by atoms with E-state index in [0.717, 1.165) is 22.0 Å². The molecule has 0 radical (unpaired) electrons. The molecule has 3 amide bonds. The fraction of sp³-hybridized carbons (Fsp3) is 0.263. The van der Waals surface area contributed by atoms with Gasteiger partial charge in [0.25, 0.3) is 0 Å². The monoisotopic (exact) mass is 371 g/mol. The van der Waals surface area contributed by atoms with E-state index in [9.17, 15) is 9.59 Å². The second-order valence-electron chi connectivity index (χ2n) is 5.75. The van der Waals surface area contributed by atoms with Crippen molar-refractivity contribution in [2.75, 3.05) is 36.2 Å². The van der Waals surface area contributed by atoms with Crippen LogP contribution in [0.25, 0.3) is 0 Å². The third-order valence-corrected chi connectivity index (χ3v) is 4.99. The van der Waals surface area contributed by atoms with E-state index in [4.69, 9.17) is 4.74 Å². The second-order valence-corrected chi connectivity index (χ2v) is 6.92. The van der Waals surface area contributed by atoms with Crippen LogP contribution in [0.3, 0.4) is 0 Å². The molecule has 1 aliphatic rings. The van der Waals surface area contributed by atoms with Crippen molar-refractivity contribution in [2.45, 2.75) is 11.3 Å². The molecule has 1 aliphatic heterocycles. The molecule has 0 atom stereocenters. The Kier molecular flexibility index (Phi) is 6.01. The van der Waals surface area contributed by atoms with E-state index in [2.05, 4.69) is 10.6 Å². The van der Waals surface area contributed by atoms with Crippen LogP contribution in [0.5, 0.6) is 5.75 Å². The van der Waals surface area contributed by atoms with Crippen molar-refractivity contribution in [2.24, 2.45) is 0 Å². The number of rotatable bonds is 7. The van der Waals surface area contributed by atoms with Gasteiger partial charge in [-0.2, -0.15) is 0 Å². The van der Waals surface area contributed by atoms with Crippen LogP contribution in [0.2, 0.25) is 0 Å². The van der Waals surface area contributed by atoms with Crippen molar-refractivity contribution in [1.82, 2.24) is 5.32 Å². The third kappa shape index (κ3) is 4.70. The van der Waals surface area contributed by atoms with Crippen molar-refractivity contribution < 1.29 is 14.3 Å². The van der Waals surface area contributed by atoms with Crippen LogP contribution in [0.15, 0.2) is 53.4 Å². The summed E-state index contributed by atoms with van der Waals surface area (Å²) >= 11 is 1.63. The highest BCUT2D eigenvalue weighted by molar-refractivity contribution is 7.99. The summed E-state index contributed by atoms with van der Waals surface area (Å²) in [6, 6.07) is 15.0. The fourth-order valence-electron chi connectivity index (χ4n) is 2.60. The van der Waals surface area contributed by atoms with Gasteiger partial charge < -0.3 is 15.4 Å². The Morgan fingerprint density at radius 2 is 1.92 bits per heavy atom. The van der Waals surface area contributed by atoms with E-state index in [1.165, 1.54) is 0 Å². The third-order valence-electron chi connectivity index (χ3n) is 3.98. The van der Waals surface area contributed by atoms with Gasteiger partial charge in [0.2, 0.25) is 5.91 Å². The number of carbonyl (C=O) groups excluding carboxylic acids is 2. The lowest BCUT2D eigenvalue weighted by molar-refractivity contribution is -0.115. The summed E-state index contributed by atoms with van der Waals surface area (Å²) in [5.74, 6) is 1.49. The standard InChI is InChI=1S/C19H21N3O3S/c1-25-16-6-8-17(9-7-16)26-13-10-18(23)21-14-2-4-15(5-3-14)22-12-11-20-19(22)24/h2-9H,10-13H2,1H3,(H,20,24)(H,21,23). The Morgan fingerprint density at radius 1 is 1.19 bits per heavy atom. The molecule has 1 saturated heterocycles. The lowest BCUT2D eigenvalue weighted by Gasteiger charge is -2.14. The fourth-order valence-corrected chi connectivity index (χ4v) is 3.45. The van der Waals surface area contributed by atoms with E-state index in [1.54, 1.807) is 23.8 Å². The zero-order valence-electron chi connectivity index (χ0n) is 14.5. The maximum Gasteiger partial charge on any atom is 0.321 e. The summed E-state index contributed by atoms with van der Waals surface area (Å²) in [5.41, 5.74) is 1.56. The Bertz CT molecular complexity index is 763. The van der Waals surface area contributed by atoms with E-state index in [-0.39, 0.29) is 11.9 Å². The number of benzene rings is 2. The van der Waals surface area contributed by atoms with Gasteiger partial charge in [-0.25, -0.2) is 4.79 Å². The molecule has 0 aliphatic carbocycles. The highest BCUT2D eigenvalue weighted by Crippen LogP contribution is 2.23. The average Bonchev–Trinajstić information content (AvgIpc) is 3.09. The van der Waals surface area contributed by atoms with Crippen molar-refractivity contribution in [3.63, 3.8) is 0 Å². The molecule has 6 nitrogen and oxygen atoms in total. The number of hydrogen-bond acceptors (Lipinski definition) is 4. The number of nitrogens with zero attached hydrogens (tertiary/aromatic N) is 1. The van der Waals surface area contributed by atoms with Crippen LogP contribution in [0.4, 0.5) is 16.2 Å². The summed E-state index contributed by atoms with van der Waals surface area (Å²) in [7, 11) is 1.64. The number of amides is 3. The highest BCUT2D eigenvalue weighted by atomic mass is 32.2. The molecule has 3 rings (SSSR count). The molecule has 1 fully saturated rings. The van der Waals surface area contributed by atoms with E-state index in [1.807, 2.05) is 48.5 Å². The summed E-state index contributed by atoms with van der Waals surface area (Å²) in [6.45, 7) is 1.32. The molecule has 2 aromatic rings. The lowest BCUT2D eigenvalue weighted by Crippen LogP contribution is -2.27. The number of thioether (sulfide) groups is 1. The van der Waals surface area contributed by atoms with Crippen molar-refractivity contribution in [1.29, 1.82) is 0 Å². The largest absolute Gasteiger partial charge is 0.497 e. The maximum absolute atomic E-state index is 12.1. The van der Waals surface area contributed by atoms with Gasteiger partial charge in [-0.1, -0.05) is 0 Å². The number of nitrogens with one attached hydrogen (secondary N) is 2. The molecule has 7 heteroatoms. The zero-order valence-corrected chi connectivity index (χ0v) is 15.3. The molecule has 0 spiro atoms. The van der Waals surface area contributed by atoms with Crippen molar-refractivity contribution in [3.8, 4) is 5.75 Å². The van der Waals surface area contributed by atoms with Gasteiger partial charge >= 0.3 is 6.03 Å². The first-order valence-electron chi connectivity index (χ1n) is 8.38. The van der Waals surface area contributed by atoms with E-state index in [0.29, 0.717) is 25.3 Å². The van der Waals surface area contributed by atoms with Crippen LogP contribution in [0, 0.1) is 0 Å². The molecule has 1 heterocycles. The Morgan fingerprint density at radius 3 is 2.54 bits per heavy atom. The number of urea groups is 1. The average molecular weight is 371 g/mol. The molecular formula is C19H21N3O3S.